The molecule has 0 aliphatic heterocycles. The van der Waals surface area contributed by atoms with Crippen LogP contribution in [0.2, 0.25) is 0 Å². The molecule has 112 valence electrons. The van der Waals surface area contributed by atoms with Crippen LogP contribution in [0.1, 0.15) is 18.5 Å². The fourth-order valence-corrected chi connectivity index (χ4v) is 2.53. The van der Waals surface area contributed by atoms with E-state index in [-0.39, 0.29) is 11.0 Å². The standard InChI is InChI=1S/C13H15N3O4S/c1-8(15-13-14-7-12(21-13)16(17)18)9-4-5-10(19-2)11(6-9)20-3/h4-8H,1-3H3,(H,14,15). The molecule has 1 N–H and O–H groups in total. The van der Waals surface area contributed by atoms with E-state index in [9.17, 15) is 10.1 Å². The molecule has 0 spiro atoms. The molecule has 2 rings (SSSR count). The van der Waals surface area contributed by atoms with Crippen LogP contribution < -0.4 is 14.8 Å². The van der Waals surface area contributed by atoms with Crippen molar-refractivity contribution in [2.24, 2.45) is 0 Å². The molecule has 1 heterocycles. The van der Waals surface area contributed by atoms with Crippen molar-refractivity contribution in [1.29, 1.82) is 0 Å². The molecule has 0 amide bonds. The van der Waals surface area contributed by atoms with Crippen LogP contribution in [-0.4, -0.2) is 24.1 Å². The Morgan fingerprint density at radius 3 is 2.62 bits per heavy atom. The highest BCUT2D eigenvalue weighted by molar-refractivity contribution is 7.18. The number of rotatable bonds is 6. The second kappa shape index (κ2) is 6.40. The molecule has 0 radical (unpaired) electrons. The van der Waals surface area contributed by atoms with Crippen molar-refractivity contribution in [1.82, 2.24) is 4.98 Å². The number of thiazole rings is 1. The van der Waals surface area contributed by atoms with Crippen LogP contribution in [0.4, 0.5) is 10.1 Å². The Hall–Kier alpha value is -2.35. The molecular formula is C13H15N3O4S. The summed E-state index contributed by atoms with van der Waals surface area (Å²) in [6.45, 7) is 1.94. The summed E-state index contributed by atoms with van der Waals surface area (Å²) in [4.78, 5) is 14.2. The normalized spacial score (nSPS) is 11.8. The number of anilines is 1. The first kappa shape index (κ1) is 15.0. The van der Waals surface area contributed by atoms with Gasteiger partial charge in [0.25, 0.3) is 0 Å². The van der Waals surface area contributed by atoms with E-state index < -0.39 is 4.92 Å². The average Bonchev–Trinajstić information content (AvgIpc) is 2.95. The van der Waals surface area contributed by atoms with Crippen LogP contribution in [0.3, 0.4) is 0 Å². The number of nitrogens with one attached hydrogen (secondary N) is 1. The van der Waals surface area contributed by atoms with Crippen molar-refractivity contribution in [3.8, 4) is 11.5 Å². The Labute approximate surface area is 125 Å². The van der Waals surface area contributed by atoms with Gasteiger partial charge in [-0.2, -0.15) is 0 Å². The number of hydrogen-bond acceptors (Lipinski definition) is 7. The molecular weight excluding hydrogens is 294 g/mol. The number of benzene rings is 1. The van der Waals surface area contributed by atoms with E-state index in [1.807, 2.05) is 25.1 Å². The highest BCUT2D eigenvalue weighted by atomic mass is 32.1. The zero-order valence-corrected chi connectivity index (χ0v) is 12.6. The van der Waals surface area contributed by atoms with Gasteiger partial charge >= 0.3 is 5.00 Å². The van der Waals surface area contributed by atoms with Crippen LogP contribution in [0.25, 0.3) is 0 Å². The Morgan fingerprint density at radius 1 is 1.33 bits per heavy atom. The first-order chi connectivity index (χ1) is 10.0. The predicted octanol–water partition coefficient (Wildman–Crippen LogP) is 3.24. The Balaban J connectivity index is 2.15. The van der Waals surface area contributed by atoms with E-state index in [0.717, 1.165) is 16.9 Å². The highest BCUT2D eigenvalue weighted by Gasteiger charge is 2.15. The van der Waals surface area contributed by atoms with Gasteiger partial charge in [-0.1, -0.05) is 6.07 Å². The largest absolute Gasteiger partial charge is 0.493 e. The molecule has 8 heteroatoms. The SMILES string of the molecule is COc1ccc(C(C)Nc2ncc([N+](=O)[O-])s2)cc1OC. The van der Waals surface area contributed by atoms with Crippen molar-refractivity contribution in [3.05, 3.63) is 40.1 Å². The molecule has 0 bridgehead atoms. The molecule has 1 atom stereocenters. The third-order valence-corrected chi connectivity index (χ3v) is 3.80. The lowest BCUT2D eigenvalue weighted by atomic mass is 10.1. The number of ether oxygens (including phenoxy) is 2. The highest BCUT2D eigenvalue weighted by Crippen LogP contribution is 2.32. The molecule has 7 nitrogen and oxygen atoms in total. The zero-order valence-electron chi connectivity index (χ0n) is 11.8. The summed E-state index contributed by atoms with van der Waals surface area (Å²) >= 11 is 1.00. The lowest BCUT2D eigenvalue weighted by Gasteiger charge is -2.15. The molecule has 1 aromatic heterocycles. The van der Waals surface area contributed by atoms with Gasteiger partial charge in [-0.3, -0.25) is 10.1 Å². The van der Waals surface area contributed by atoms with Crippen molar-refractivity contribution in [3.63, 3.8) is 0 Å². The summed E-state index contributed by atoms with van der Waals surface area (Å²) in [5.74, 6) is 1.28. The number of hydrogen-bond donors (Lipinski definition) is 1. The van der Waals surface area contributed by atoms with Crippen molar-refractivity contribution >= 4 is 21.5 Å². The monoisotopic (exact) mass is 309 g/mol. The fraction of sp³-hybridized carbons (Fsp3) is 0.308. The maximum absolute atomic E-state index is 10.6. The van der Waals surface area contributed by atoms with Gasteiger partial charge < -0.3 is 14.8 Å². The predicted molar refractivity (Wildman–Crippen MR) is 80.4 cm³/mol. The fourth-order valence-electron chi connectivity index (χ4n) is 1.81. The Morgan fingerprint density at radius 2 is 2.05 bits per heavy atom. The summed E-state index contributed by atoms with van der Waals surface area (Å²) in [5.41, 5.74) is 0.963. The van der Waals surface area contributed by atoms with E-state index in [2.05, 4.69) is 10.3 Å². The van der Waals surface area contributed by atoms with E-state index in [4.69, 9.17) is 9.47 Å². The smallest absolute Gasteiger partial charge is 0.345 e. The lowest BCUT2D eigenvalue weighted by molar-refractivity contribution is -0.380. The molecule has 0 fully saturated rings. The van der Waals surface area contributed by atoms with Gasteiger partial charge in [-0.05, 0) is 36.0 Å². The molecule has 1 aromatic carbocycles. The van der Waals surface area contributed by atoms with Gasteiger partial charge in [0, 0.05) is 0 Å². The molecule has 2 aromatic rings. The minimum absolute atomic E-state index is 0.0111. The topological polar surface area (TPSA) is 86.5 Å². The summed E-state index contributed by atoms with van der Waals surface area (Å²) in [6, 6.07) is 5.51. The molecule has 0 aliphatic carbocycles. The maximum atomic E-state index is 10.6. The molecule has 0 saturated carbocycles. The first-order valence-corrected chi connectivity index (χ1v) is 6.95. The van der Waals surface area contributed by atoms with E-state index in [1.54, 1.807) is 14.2 Å². The van der Waals surface area contributed by atoms with Crippen LogP contribution in [0.5, 0.6) is 11.5 Å². The molecule has 21 heavy (non-hydrogen) atoms. The van der Waals surface area contributed by atoms with Crippen LogP contribution >= 0.6 is 11.3 Å². The van der Waals surface area contributed by atoms with E-state index in [1.165, 1.54) is 6.20 Å². The number of methoxy groups -OCH3 is 2. The summed E-state index contributed by atoms with van der Waals surface area (Å²) < 4.78 is 10.4. The minimum Gasteiger partial charge on any atom is -0.493 e. The van der Waals surface area contributed by atoms with Crippen molar-refractivity contribution in [2.75, 3.05) is 19.5 Å². The van der Waals surface area contributed by atoms with Crippen LogP contribution in [-0.2, 0) is 0 Å². The Kier molecular flexibility index (Phi) is 4.59. The average molecular weight is 309 g/mol. The maximum Gasteiger partial charge on any atom is 0.345 e. The van der Waals surface area contributed by atoms with Crippen molar-refractivity contribution < 1.29 is 14.4 Å². The lowest BCUT2D eigenvalue weighted by Crippen LogP contribution is -2.06. The number of aromatic nitrogens is 1. The van der Waals surface area contributed by atoms with Gasteiger partial charge in [-0.25, -0.2) is 4.98 Å². The molecule has 0 aliphatic rings. The number of nitrogens with zero attached hydrogens (tertiary/aromatic N) is 2. The van der Waals surface area contributed by atoms with Gasteiger partial charge in [0.15, 0.2) is 16.6 Å². The minimum atomic E-state index is -0.454. The summed E-state index contributed by atoms with van der Waals surface area (Å²) in [7, 11) is 3.15. The second-order valence-electron chi connectivity index (χ2n) is 4.24. The molecule has 1 unspecified atom stereocenters. The third-order valence-electron chi connectivity index (χ3n) is 2.92. The summed E-state index contributed by atoms with van der Waals surface area (Å²) in [6.07, 6.45) is 1.24. The van der Waals surface area contributed by atoms with Crippen LogP contribution in [0, 0.1) is 10.1 Å². The van der Waals surface area contributed by atoms with Gasteiger partial charge in [0.2, 0.25) is 0 Å². The van der Waals surface area contributed by atoms with E-state index in [0.29, 0.717) is 16.6 Å². The van der Waals surface area contributed by atoms with Crippen molar-refractivity contribution in [2.45, 2.75) is 13.0 Å². The zero-order chi connectivity index (χ0) is 15.4. The second-order valence-corrected chi connectivity index (χ2v) is 5.25. The van der Waals surface area contributed by atoms with Gasteiger partial charge in [-0.15, -0.1) is 0 Å². The third kappa shape index (κ3) is 3.40. The van der Waals surface area contributed by atoms with E-state index >= 15 is 0 Å². The quantitative estimate of drug-likeness (QED) is 0.651. The number of nitro groups is 1. The first-order valence-electron chi connectivity index (χ1n) is 6.13. The summed E-state index contributed by atoms with van der Waals surface area (Å²) in [5, 5.41) is 14.3. The molecule has 0 saturated heterocycles. The van der Waals surface area contributed by atoms with Gasteiger partial charge in [0.05, 0.1) is 25.2 Å². The van der Waals surface area contributed by atoms with Crippen LogP contribution in [0.15, 0.2) is 24.4 Å². The Bertz CT molecular complexity index is 644. The van der Waals surface area contributed by atoms with Gasteiger partial charge in [0.1, 0.15) is 6.20 Å².